The Balaban J connectivity index is 1.27. The Labute approximate surface area is 183 Å². The predicted octanol–water partition coefficient (Wildman–Crippen LogP) is 6.09. The van der Waals surface area contributed by atoms with E-state index in [1.165, 1.54) is 96.7 Å². The van der Waals surface area contributed by atoms with Gasteiger partial charge in [0, 0.05) is 36.6 Å². The second-order valence-corrected chi connectivity index (χ2v) is 8.94. The van der Waals surface area contributed by atoms with Crippen LogP contribution in [0.4, 0.5) is 5.82 Å². The minimum atomic E-state index is 0.518. The molecule has 0 atom stereocenters. The lowest BCUT2D eigenvalue weighted by molar-refractivity contribution is 0.177. The van der Waals surface area contributed by atoms with E-state index in [1.54, 1.807) is 0 Å². The van der Waals surface area contributed by atoms with Crippen molar-refractivity contribution in [2.75, 3.05) is 25.4 Å². The Kier molecular flexibility index (Phi) is 9.68. The molecule has 3 heterocycles. The molecule has 2 N–H and O–H groups in total. The van der Waals surface area contributed by atoms with E-state index < -0.39 is 0 Å². The van der Waals surface area contributed by atoms with Crippen molar-refractivity contribution in [3.63, 3.8) is 0 Å². The van der Waals surface area contributed by atoms with E-state index in [9.17, 15) is 0 Å². The molecule has 0 saturated carbocycles. The van der Waals surface area contributed by atoms with Crippen LogP contribution in [0.15, 0.2) is 30.7 Å². The number of nitrogens with two attached hydrogens (primary N) is 1. The standard InChI is InChI=1S/C25H41N5/c1-2-3-4-5-6-7-8-9-10-11-16-29-17-14-24(15-18-29)30-21-23(20-28-30)22-12-13-25(26)27-19-22/h12-13,19-21,24H,2-11,14-18H2,1H3,(H2,26,27). The zero-order chi connectivity index (χ0) is 21.0. The van der Waals surface area contributed by atoms with Crippen molar-refractivity contribution >= 4 is 5.82 Å². The maximum Gasteiger partial charge on any atom is 0.123 e. The van der Waals surface area contributed by atoms with Crippen LogP contribution in [0.1, 0.15) is 90.0 Å². The molecule has 1 fully saturated rings. The highest BCUT2D eigenvalue weighted by Gasteiger charge is 2.21. The third-order valence-corrected chi connectivity index (χ3v) is 6.48. The summed E-state index contributed by atoms with van der Waals surface area (Å²) in [5.74, 6) is 0.556. The second-order valence-electron chi connectivity index (χ2n) is 8.94. The Morgan fingerprint density at radius 2 is 1.53 bits per heavy atom. The molecule has 0 aromatic carbocycles. The van der Waals surface area contributed by atoms with E-state index in [0.29, 0.717) is 11.9 Å². The summed E-state index contributed by atoms with van der Waals surface area (Å²) in [5.41, 5.74) is 7.89. The lowest BCUT2D eigenvalue weighted by Crippen LogP contribution is -2.35. The Morgan fingerprint density at radius 1 is 0.867 bits per heavy atom. The number of nitrogen functional groups attached to an aromatic ring is 1. The van der Waals surface area contributed by atoms with Crippen molar-refractivity contribution < 1.29 is 0 Å². The van der Waals surface area contributed by atoms with Gasteiger partial charge in [0.25, 0.3) is 0 Å². The summed E-state index contributed by atoms with van der Waals surface area (Å²) in [4.78, 5) is 6.84. The summed E-state index contributed by atoms with van der Waals surface area (Å²) in [6.07, 6.45) is 22.4. The largest absolute Gasteiger partial charge is 0.384 e. The molecule has 2 aromatic rings. The highest BCUT2D eigenvalue weighted by Crippen LogP contribution is 2.25. The highest BCUT2D eigenvalue weighted by atomic mass is 15.3. The topological polar surface area (TPSA) is 60.0 Å². The molecule has 0 spiro atoms. The van der Waals surface area contributed by atoms with Crippen LogP contribution in [0.2, 0.25) is 0 Å². The van der Waals surface area contributed by atoms with Crippen LogP contribution in [-0.2, 0) is 0 Å². The van der Waals surface area contributed by atoms with Crippen molar-refractivity contribution in [3.8, 4) is 11.1 Å². The Bertz CT molecular complexity index is 701. The van der Waals surface area contributed by atoms with E-state index in [-0.39, 0.29) is 0 Å². The molecule has 1 saturated heterocycles. The normalized spacial score (nSPS) is 15.6. The van der Waals surface area contributed by atoms with Gasteiger partial charge < -0.3 is 10.6 Å². The quantitative estimate of drug-likeness (QED) is 0.405. The van der Waals surface area contributed by atoms with E-state index >= 15 is 0 Å². The van der Waals surface area contributed by atoms with E-state index in [4.69, 9.17) is 5.73 Å². The number of likely N-dealkylation sites (tertiary alicyclic amines) is 1. The number of nitrogens with zero attached hydrogens (tertiary/aromatic N) is 4. The van der Waals surface area contributed by atoms with Gasteiger partial charge in [-0.15, -0.1) is 0 Å². The van der Waals surface area contributed by atoms with Gasteiger partial charge in [-0.2, -0.15) is 5.10 Å². The molecule has 0 amide bonds. The SMILES string of the molecule is CCCCCCCCCCCCN1CCC(n2cc(-c3ccc(N)nc3)cn2)CC1. The van der Waals surface area contributed by atoms with Crippen LogP contribution in [0.25, 0.3) is 11.1 Å². The Morgan fingerprint density at radius 3 is 2.17 bits per heavy atom. The molecule has 0 aliphatic carbocycles. The van der Waals surface area contributed by atoms with Gasteiger partial charge in [-0.1, -0.05) is 64.7 Å². The minimum absolute atomic E-state index is 0.518. The van der Waals surface area contributed by atoms with Crippen LogP contribution in [0.3, 0.4) is 0 Å². The number of pyridine rings is 1. The smallest absolute Gasteiger partial charge is 0.123 e. The van der Waals surface area contributed by atoms with E-state index in [0.717, 1.165) is 11.1 Å². The molecule has 3 rings (SSSR count). The van der Waals surface area contributed by atoms with Crippen molar-refractivity contribution in [1.82, 2.24) is 19.7 Å². The van der Waals surface area contributed by atoms with Gasteiger partial charge in [-0.3, -0.25) is 4.68 Å². The van der Waals surface area contributed by atoms with Gasteiger partial charge in [0.15, 0.2) is 0 Å². The first kappa shape index (κ1) is 22.8. The maximum absolute atomic E-state index is 5.69. The van der Waals surface area contributed by atoms with Crippen molar-refractivity contribution in [3.05, 3.63) is 30.7 Å². The molecule has 166 valence electrons. The van der Waals surface area contributed by atoms with Crippen molar-refractivity contribution in [2.24, 2.45) is 0 Å². The van der Waals surface area contributed by atoms with Crippen LogP contribution in [0.5, 0.6) is 0 Å². The summed E-state index contributed by atoms with van der Waals surface area (Å²) in [6, 6.07) is 4.38. The predicted molar refractivity (Wildman–Crippen MR) is 126 cm³/mol. The van der Waals surface area contributed by atoms with Crippen LogP contribution in [0, 0.1) is 0 Å². The number of aromatic nitrogens is 3. The number of piperidine rings is 1. The summed E-state index contributed by atoms with van der Waals surface area (Å²) in [6.45, 7) is 5.95. The fourth-order valence-electron chi connectivity index (χ4n) is 4.49. The van der Waals surface area contributed by atoms with E-state index in [2.05, 4.69) is 32.8 Å². The summed E-state index contributed by atoms with van der Waals surface area (Å²) in [5, 5.41) is 4.63. The Hall–Kier alpha value is -1.88. The molecule has 1 aliphatic rings. The van der Waals surface area contributed by atoms with E-state index in [1.807, 2.05) is 24.5 Å². The molecule has 2 aromatic heterocycles. The van der Waals surface area contributed by atoms with Crippen LogP contribution in [-0.4, -0.2) is 39.3 Å². The molecule has 0 radical (unpaired) electrons. The average molecular weight is 412 g/mol. The molecular weight excluding hydrogens is 370 g/mol. The number of anilines is 1. The fourth-order valence-corrected chi connectivity index (χ4v) is 4.49. The molecule has 30 heavy (non-hydrogen) atoms. The van der Waals surface area contributed by atoms with Crippen LogP contribution < -0.4 is 5.73 Å². The zero-order valence-corrected chi connectivity index (χ0v) is 18.9. The van der Waals surface area contributed by atoms with Crippen molar-refractivity contribution in [2.45, 2.75) is 90.0 Å². The molecule has 0 unspecified atom stereocenters. The summed E-state index contributed by atoms with van der Waals surface area (Å²) in [7, 11) is 0. The molecular formula is C25H41N5. The first-order chi connectivity index (χ1) is 14.8. The highest BCUT2D eigenvalue weighted by molar-refractivity contribution is 5.61. The van der Waals surface area contributed by atoms with Crippen molar-refractivity contribution in [1.29, 1.82) is 0 Å². The number of rotatable bonds is 13. The first-order valence-electron chi connectivity index (χ1n) is 12.2. The van der Waals surface area contributed by atoms with Gasteiger partial charge in [0.1, 0.15) is 5.82 Å². The maximum atomic E-state index is 5.69. The monoisotopic (exact) mass is 411 g/mol. The third kappa shape index (κ3) is 7.42. The lowest BCUT2D eigenvalue weighted by Gasteiger charge is -2.32. The van der Waals surface area contributed by atoms with Gasteiger partial charge in [-0.25, -0.2) is 4.98 Å². The first-order valence-corrected chi connectivity index (χ1v) is 12.2. The van der Waals surface area contributed by atoms with Gasteiger partial charge >= 0.3 is 0 Å². The average Bonchev–Trinajstić information content (AvgIpc) is 3.26. The molecule has 1 aliphatic heterocycles. The van der Waals surface area contributed by atoms with Gasteiger partial charge in [-0.05, 0) is 37.9 Å². The summed E-state index contributed by atoms with van der Waals surface area (Å²) < 4.78 is 2.16. The molecule has 0 bridgehead atoms. The fraction of sp³-hybridized carbons (Fsp3) is 0.680. The number of hydrogen-bond donors (Lipinski definition) is 1. The second kappa shape index (κ2) is 12.7. The summed E-state index contributed by atoms with van der Waals surface area (Å²) >= 11 is 0. The molecule has 5 heteroatoms. The lowest BCUT2D eigenvalue weighted by atomic mass is 10.0. The third-order valence-electron chi connectivity index (χ3n) is 6.48. The minimum Gasteiger partial charge on any atom is -0.384 e. The molecule has 5 nitrogen and oxygen atoms in total. The van der Waals surface area contributed by atoms with Crippen LogP contribution >= 0.6 is 0 Å². The van der Waals surface area contributed by atoms with Gasteiger partial charge in [0.2, 0.25) is 0 Å². The van der Waals surface area contributed by atoms with Gasteiger partial charge in [0.05, 0.1) is 12.2 Å². The number of hydrogen-bond acceptors (Lipinski definition) is 4. The zero-order valence-electron chi connectivity index (χ0n) is 18.9. The number of unbranched alkanes of at least 4 members (excludes halogenated alkanes) is 9.